The third kappa shape index (κ3) is 7.59. The van der Waals surface area contributed by atoms with Gasteiger partial charge in [0.2, 0.25) is 11.8 Å². The molecule has 2 unspecified atom stereocenters. The Bertz CT molecular complexity index is 1630. The Morgan fingerprint density at radius 2 is 1.91 bits per heavy atom. The fourth-order valence-corrected chi connectivity index (χ4v) is 6.05. The molecule has 2 heterocycles. The van der Waals surface area contributed by atoms with E-state index in [0.29, 0.717) is 13.4 Å². The van der Waals surface area contributed by atoms with Crippen LogP contribution in [0.25, 0.3) is 10.9 Å². The third-order valence-electron chi connectivity index (χ3n) is 6.27. The van der Waals surface area contributed by atoms with Gasteiger partial charge >= 0.3 is 18.1 Å². The first-order valence-corrected chi connectivity index (χ1v) is 14.1. The van der Waals surface area contributed by atoms with Crippen molar-refractivity contribution in [2.45, 2.75) is 30.7 Å². The van der Waals surface area contributed by atoms with Gasteiger partial charge in [-0.05, 0) is 58.5 Å². The predicted octanol–water partition coefficient (Wildman–Crippen LogP) is 3.04. The van der Waals surface area contributed by atoms with Gasteiger partial charge in [-0.15, -0.1) is 0 Å². The average molecular weight is 782 g/mol. The lowest BCUT2D eigenvalue weighted by atomic mass is 9.88. The Kier molecular flexibility index (Phi) is 9.57. The van der Waals surface area contributed by atoms with Crippen molar-refractivity contribution in [1.82, 2.24) is 15.1 Å². The highest BCUT2D eigenvalue weighted by Gasteiger charge is 2.43. The molecular weight excluding hydrogens is 761 g/mol. The monoisotopic (exact) mass is 781 g/mol. The molecule has 1 aliphatic rings. The highest BCUT2D eigenvalue weighted by atomic mass is 127. The zero-order chi connectivity index (χ0) is 31.6. The van der Waals surface area contributed by atoms with Crippen molar-refractivity contribution >= 4 is 84.8 Å². The van der Waals surface area contributed by atoms with Crippen molar-refractivity contribution < 1.29 is 41.5 Å². The molecule has 3 atom stereocenters. The predicted molar refractivity (Wildman–Crippen MR) is 157 cm³/mol. The van der Waals surface area contributed by atoms with E-state index in [2.05, 4.69) is 41.4 Å². The van der Waals surface area contributed by atoms with Crippen molar-refractivity contribution in [3.8, 4) is 0 Å². The second-order valence-electron chi connectivity index (χ2n) is 9.32. The highest BCUT2D eigenvalue weighted by Crippen LogP contribution is 2.38. The van der Waals surface area contributed by atoms with Gasteiger partial charge in [-0.25, -0.2) is 14.2 Å². The Balaban J connectivity index is 1.85. The van der Waals surface area contributed by atoms with E-state index < -0.39 is 54.5 Å². The fourth-order valence-electron chi connectivity index (χ4n) is 4.41. The maximum atomic E-state index is 13.5. The molecule has 4 rings (SSSR count). The molecule has 0 bridgehead atoms. The second-order valence-corrected chi connectivity index (χ2v) is 11.5. The Labute approximate surface area is 261 Å². The fraction of sp³-hybridized carbons (Fsp3) is 0.280. The number of amides is 2. The number of primary amides is 2. The van der Waals surface area contributed by atoms with Crippen LogP contribution in [0, 0.1) is 3.57 Å². The lowest BCUT2D eigenvalue weighted by Crippen LogP contribution is -2.41. The third-order valence-corrected chi connectivity index (χ3v) is 7.35. The lowest BCUT2D eigenvalue weighted by molar-refractivity contribution is -0.202. The number of nitrogens with one attached hydrogen (secondary N) is 2. The number of halogens is 6. The molecule has 0 saturated carbocycles. The number of anilines is 1. The number of hydrogen-bond acceptors (Lipinski definition) is 9. The van der Waals surface area contributed by atoms with E-state index >= 15 is 0 Å². The maximum absolute atomic E-state index is 13.5. The molecule has 1 aromatic heterocycles. The van der Waals surface area contributed by atoms with Gasteiger partial charge in [0, 0.05) is 24.9 Å². The molecule has 0 fully saturated rings. The zero-order valence-corrected chi connectivity index (χ0v) is 25.4. The number of nitrogens with two attached hydrogens (primary N) is 2. The number of aromatic nitrogens is 2. The van der Waals surface area contributed by atoms with Gasteiger partial charge in [-0.3, -0.25) is 19.1 Å². The van der Waals surface area contributed by atoms with E-state index in [1.807, 2.05) is 22.6 Å². The van der Waals surface area contributed by atoms with Crippen LogP contribution in [0.1, 0.15) is 34.3 Å². The van der Waals surface area contributed by atoms with Crippen molar-refractivity contribution in [2.75, 3.05) is 18.4 Å². The van der Waals surface area contributed by atoms with Crippen molar-refractivity contribution in [3.63, 3.8) is 0 Å². The number of alkyl halides is 4. The largest absolute Gasteiger partial charge is 0.491 e. The standard InChI is InChI=1S/C25H21BrF4IN7O5/c26-12-1-10(2-14(31)5-12)15(6-19(39)43-23(42)25(28,29)30)20(22(33)41)38-18-4-11(21(32)40)3-17(16(18)9-36-38)37-24-34-7-13(27)8-35-24/h1-5,9,13,15,20H,6-8H2,(H2,32,40)(H2,33,41)(H2,34,35,37)/t15-,20?/m0/s1. The normalized spacial score (nSPS) is 16.5. The average Bonchev–Trinajstić information content (AvgIpc) is 3.32. The van der Waals surface area contributed by atoms with Gasteiger partial charge in [-0.1, -0.05) is 15.9 Å². The van der Waals surface area contributed by atoms with Crippen LogP contribution in [-0.2, 0) is 19.1 Å². The molecule has 3 aromatic rings. The number of hydrogen-bond donors (Lipinski definition) is 4. The summed E-state index contributed by atoms with van der Waals surface area (Å²) in [5, 5.41) is 10.3. The topological polar surface area (TPSA) is 184 Å². The SMILES string of the molecule is NC(=O)c1cc(NC2=NCC(F)CN2)c2cnn(C(C(N)=O)[C@@H](CC(=O)OC(=O)C(F)(F)F)c3cc(Br)cc(I)c3)c2c1. The van der Waals surface area contributed by atoms with Gasteiger partial charge in [0.05, 0.1) is 36.9 Å². The summed E-state index contributed by atoms with van der Waals surface area (Å²) in [5.41, 5.74) is 11.9. The van der Waals surface area contributed by atoms with E-state index in [-0.39, 0.29) is 41.4 Å². The molecule has 0 aliphatic carbocycles. The van der Waals surface area contributed by atoms with Crippen LogP contribution < -0.4 is 22.1 Å². The summed E-state index contributed by atoms with van der Waals surface area (Å²) in [6.45, 7) is -0.134. The van der Waals surface area contributed by atoms with Gasteiger partial charge in [0.25, 0.3) is 0 Å². The summed E-state index contributed by atoms with van der Waals surface area (Å²) >= 11 is 5.26. The molecule has 12 nitrogen and oxygen atoms in total. The molecule has 1 aliphatic heterocycles. The molecule has 2 aromatic carbocycles. The number of aliphatic imine (C=N–C) groups is 1. The van der Waals surface area contributed by atoms with Crippen LogP contribution in [0.15, 0.2) is 46.0 Å². The summed E-state index contributed by atoms with van der Waals surface area (Å²) in [6, 6.07) is 5.91. The number of guanidine groups is 1. The number of rotatable bonds is 8. The minimum Gasteiger partial charge on any atom is -0.386 e. The van der Waals surface area contributed by atoms with Crippen LogP contribution in [0.3, 0.4) is 0 Å². The smallest absolute Gasteiger partial charge is 0.386 e. The van der Waals surface area contributed by atoms with Crippen LogP contribution >= 0.6 is 38.5 Å². The molecule has 43 heavy (non-hydrogen) atoms. The van der Waals surface area contributed by atoms with Gasteiger partial charge in [0.1, 0.15) is 12.2 Å². The zero-order valence-electron chi connectivity index (χ0n) is 21.6. The summed E-state index contributed by atoms with van der Waals surface area (Å²) in [5.74, 6) is -7.32. The van der Waals surface area contributed by atoms with Crippen LogP contribution in [0.5, 0.6) is 0 Å². The number of carbonyl (C=O) groups excluding carboxylic acids is 4. The van der Waals surface area contributed by atoms with Crippen molar-refractivity contribution in [2.24, 2.45) is 16.5 Å². The summed E-state index contributed by atoms with van der Waals surface area (Å²) < 4.78 is 58.2. The molecule has 6 N–H and O–H groups in total. The number of nitrogens with zero attached hydrogens (tertiary/aromatic N) is 3. The van der Waals surface area contributed by atoms with Gasteiger partial charge < -0.3 is 26.8 Å². The quantitative estimate of drug-likeness (QED) is 0.116. The Hall–Kier alpha value is -3.81. The number of fused-ring (bicyclic) bond motifs is 1. The Morgan fingerprint density at radius 1 is 1.19 bits per heavy atom. The van der Waals surface area contributed by atoms with E-state index in [4.69, 9.17) is 11.5 Å². The van der Waals surface area contributed by atoms with Crippen LogP contribution in [0.4, 0.5) is 23.2 Å². The maximum Gasteiger partial charge on any atom is 0.491 e. The first-order chi connectivity index (χ1) is 20.1. The molecule has 0 radical (unpaired) electrons. The van der Waals surface area contributed by atoms with E-state index in [0.717, 1.165) is 4.68 Å². The molecule has 0 saturated heterocycles. The van der Waals surface area contributed by atoms with Crippen LogP contribution in [-0.4, -0.2) is 64.9 Å². The van der Waals surface area contributed by atoms with Gasteiger partial charge in [-0.2, -0.15) is 18.3 Å². The minimum absolute atomic E-state index is 0.0203. The van der Waals surface area contributed by atoms with E-state index in [9.17, 15) is 36.7 Å². The lowest BCUT2D eigenvalue weighted by Gasteiger charge is -2.26. The van der Waals surface area contributed by atoms with Gasteiger partial charge in [0.15, 0.2) is 5.96 Å². The van der Waals surface area contributed by atoms with Crippen LogP contribution in [0.2, 0.25) is 0 Å². The molecule has 18 heteroatoms. The number of carbonyl (C=O) groups is 4. The van der Waals surface area contributed by atoms with E-state index in [1.165, 1.54) is 24.4 Å². The summed E-state index contributed by atoms with van der Waals surface area (Å²) in [6.07, 6.45) is -6.21. The number of esters is 2. The molecular formula is C25H21BrF4IN7O5. The van der Waals surface area contributed by atoms with Crippen molar-refractivity contribution in [3.05, 3.63) is 55.7 Å². The highest BCUT2D eigenvalue weighted by molar-refractivity contribution is 14.1. The van der Waals surface area contributed by atoms with E-state index in [1.54, 1.807) is 12.1 Å². The minimum atomic E-state index is -5.44. The Morgan fingerprint density at radius 3 is 2.49 bits per heavy atom. The number of ether oxygens (including phenoxy) is 1. The number of benzene rings is 2. The van der Waals surface area contributed by atoms with Crippen molar-refractivity contribution in [1.29, 1.82) is 0 Å². The molecule has 0 spiro atoms. The first-order valence-electron chi connectivity index (χ1n) is 12.2. The first kappa shape index (κ1) is 32.1. The molecule has 228 valence electrons. The second kappa shape index (κ2) is 12.8. The molecule has 2 amide bonds. The summed E-state index contributed by atoms with van der Waals surface area (Å²) in [4.78, 5) is 53.2. The summed E-state index contributed by atoms with van der Waals surface area (Å²) in [7, 11) is 0.